The van der Waals surface area contributed by atoms with Crippen molar-refractivity contribution in [2.45, 2.75) is 32.2 Å². The van der Waals surface area contributed by atoms with E-state index < -0.39 is 0 Å². The van der Waals surface area contributed by atoms with Gasteiger partial charge < -0.3 is 15.0 Å². The number of likely N-dealkylation sites (tertiary alicyclic amines) is 1. The summed E-state index contributed by atoms with van der Waals surface area (Å²) in [4.78, 5) is 2.52. The first-order valence-electron chi connectivity index (χ1n) is 7.39. The maximum absolute atomic E-state index is 5.18. The van der Waals surface area contributed by atoms with E-state index in [1.165, 1.54) is 43.7 Å². The van der Waals surface area contributed by atoms with Crippen molar-refractivity contribution >= 4 is 5.69 Å². The molecule has 0 unspecified atom stereocenters. The Morgan fingerprint density at radius 3 is 2.68 bits per heavy atom. The second-order valence-corrected chi connectivity index (χ2v) is 5.25. The van der Waals surface area contributed by atoms with Crippen LogP contribution in [0.1, 0.15) is 25.3 Å². The van der Waals surface area contributed by atoms with Gasteiger partial charge in [0, 0.05) is 31.9 Å². The lowest BCUT2D eigenvalue weighted by Crippen LogP contribution is -2.39. The fraction of sp³-hybridized carbons (Fsp3) is 0.625. The minimum absolute atomic E-state index is 0.617. The van der Waals surface area contributed by atoms with Crippen LogP contribution in [0, 0.1) is 0 Å². The summed E-state index contributed by atoms with van der Waals surface area (Å²) in [7, 11) is 1.76. The van der Waals surface area contributed by atoms with Crippen LogP contribution in [0.3, 0.4) is 0 Å². The van der Waals surface area contributed by atoms with E-state index in [4.69, 9.17) is 4.74 Å². The summed E-state index contributed by atoms with van der Waals surface area (Å²) in [6.45, 7) is 6.64. The number of methoxy groups -OCH3 is 1. The van der Waals surface area contributed by atoms with Gasteiger partial charge in [0.1, 0.15) is 0 Å². The SMILES string of the molecule is CCN1CCC(Nc2ccccc2CCOC)CC1. The van der Waals surface area contributed by atoms with Gasteiger partial charge in [0.05, 0.1) is 6.61 Å². The van der Waals surface area contributed by atoms with Crippen molar-refractivity contribution in [1.29, 1.82) is 0 Å². The fourth-order valence-electron chi connectivity index (χ4n) is 2.70. The lowest BCUT2D eigenvalue weighted by Gasteiger charge is -2.32. The Morgan fingerprint density at radius 2 is 2.00 bits per heavy atom. The third-order valence-electron chi connectivity index (χ3n) is 3.99. The number of para-hydroxylation sites is 1. The zero-order valence-corrected chi connectivity index (χ0v) is 12.2. The highest BCUT2D eigenvalue weighted by atomic mass is 16.5. The summed E-state index contributed by atoms with van der Waals surface area (Å²) >= 11 is 0. The van der Waals surface area contributed by atoms with Gasteiger partial charge in [0.25, 0.3) is 0 Å². The Hall–Kier alpha value is -1.06. The highest BCUT2D eigenvalue weighted by molar-refractivity contribution is 5.52. The zero-order chi connectivity index (χ0) is 13.5. The Bertz CT molecular complexity index is 373. The third kappa shape index (κ3) is 4.22. The minimum Gasteiger partial charge on any atom is -0.384 e. The summed E-state index contributed by atoms with van der Waals surface area (Å²) in [6.07, 6.45) is 3.46. The molecule has 3 nitrogen and oxygen atoms in total. The minimum atomic E-state index is 0.617. The van der Waals surface area contributed by atoms with Crippen LogP contribution in [0.25, 0.3) is 0 Å². The number of benzene rings is 1. The van der Waals surface area contributed by atoms with E-state index in [1.54, 1.807) is 7.11 Å². The molecule has 106 valence electrons. The molecule has 1 N–H and O–H groups in total. The number of rotatable bonds is 6. The molecule has 0 bridgehead atoms. The molecule has 0 spiro atoms. The molecule has 19 heavy (non-hydrogen) atoms. The highest BCUT2D eigenvalue weighted by Crippen LogP contribution is 2.20. The van der Waals surface area contributed by atoms with Crippen molar-refractivity contribution in [2.24, 2.45) is 0 Å². The van der Waals surface area contributed by atoms with E-state index in [0.717, 1.165) is 13.0 Å². The predicted octanol–water partition coefficient (Wildman–Crippen LogP) is 2.77. The number of hydrogen-bond acceptors (Lipinski definition) is 3. The molecular weight excluding hydrogens is 236 g/mol. The van der Waals surface area contributed by atoms with Crippen LogP contribution in [-0.4, -0.2) is 44.3 Å². The van der Waals surface area contributed by atoms with Crippen LogP contribution in [0.15, 0.2) is 24.3 Å². The summed E-state index contributed by atoms with van der Waals surface area (Å²) in [6, 6.07) is 9.22. The van der Waals surface area contributed by atoms with Crippen LogP contribution in [-0.2, 0) is 11.2 Å². The molecule has 0 aliphatic carbocycles. The molecular formula is C16H26N2O. The highest BCUT2D eigenvalue weighted by Gasteiger charge is 2.18. The zero-order valence-electron chi connectivity index (χ0n) is 12.2. The number of hydrogen-bond donors (Lipinski definition) is 1. The van der Waals surface area contributed by atoms with Crippen molar-refractivity contribution < 1.29 is 4.74 Å². The first kappa shape index (κ1) is 14.4. The number of ether oxygens (including phenoxy) is 1. The van der Waals surface area contributed by atoms with Crippen molar-refractivity contribution in [1.82, 2.24) is 4.90 Å². The average molecular weight is 262 g/mol. The number of anilines is 1. The maximum atomic E-state index is 5.18. The number of piperidine rings is 1. The largest absolute Gasteiger partial charge is 0.384 e. The molecule has 0 aromatic heterocycles. The molecule has 2 rings (SSSR count). The maximum Gasteiger partial charge on any atom is 0.0503 e. The molecule has 0 amide bonds. The molecule has 1 aromatic rings. The molecule has 1 aliphatic heterocycles. The summed E-state index contributed by atoms with van der Waals surface area (Å²) < 4.78 is 5.18. The van der Waals surface area contributed by atoms with E-state index in [1.807, 2.05) is 0 Å². The molecule has 1 heterocycles. The van der Waals surface area contributed by atoms with E-state index >= 15 is 0 Å². The average Bonchev–Trinajstić information content (AvgIpc) is 2.47. The van der Waals surface area contributed by atoms with Crippen molar-refractivity contribution in [3.05, 3.63) is 29.8 Å². The van der Waals surface area contributed by atoms with Gasteiger partial charge in [-0.15, -0.1) is 0 Å². The summed E-state index contributed by atoms with van der Waals surface area (Å²) in [5.41, 5.74) is 2.65. The Morgan fingerprint density at radius 1 is 1.26 bits per heavy atom. The monoisotopic (exact) mass is 262 g/mol. The van der Waals surface area contributed by atoms with Crippen molar-refractivity contribution in [2.75, 3.05) is 38.7 Å². The van der Waals surface area contributed by atoms with Gasteiger partial charge in [-0.3, -0.25) is 0 Å². The number of nitrogens with zero attached hydrogens (tertiary/aromatic N) is 1. The summed E-state index contributed by atoms with van der Waals surface area (Å²) in [5.74, 6) is 0. The van der Waals surface area contributed by atoms with E-state index in [9.17, 15) is 0 Å². The summed E-state index contributed by atoms with van der Waals surface area (Å²) in [5, 5.41) is 3.72. The first-order chi connectivity index (χ1) is 9.33. The Balaban J connectivity index is 1.91. The quantitative estimate of drug-likeness (QED) is 0.853. The lowest BCUT2D eigenvalue weighted by molar-refractivity contribution is 0.202. The standard InChI is InChI=1S/C16H26N2O/c1-3-18-11-8-15(9-12-18)17-16-7-5-4-6-14(16)10-13-19-2/h4-7,15,17H,3,8-13H2,1-2H3. The van der Waals surface area contributed by atoms with Crippen LogP contribution in [0.4, 0.5) is 5.69 Å². The first-order valence-corrected chi connectivity index (χ1v) is 7.39. The van der Waals surface area contributed by atoms with Crippen LogP contribution >= 0.6 is 0 Å². The lowest BCUT2D eigenvalue weighted by atomic mass is 10.0. The molecule has 0 atom stereocenters. The Labute approximate surface area is 116 Å². The number of nitrogens with one attached hydrogen (secondary N) is 1. The topological polar surface area (TPSA) is 24.5 Å². The molecule has 0 saturated carbocycles. The van der Waals surface area contributed by atoms with Crippen LogP contribution in [0.2, 0.25) is 0 Å². The van der Waals surface area contributed by atoms with E-state index in [2.05, 4.69) is 41.4 Å². The molecule has 1 aliphatic rings. The molecule has 1 saturated heterocycles. The third-order valence-corrected chi connectivity index (χ3v) is 3.99. The second-order valence-electron chi connectivity index (χ2n) is 5.25. The van der Waals surface area contributed by atoms with Crippen LogP contribution < -0.4 is 5.32 Å². The molecule has 1 aromatic carbocycles. The van der Waals surface area contributed by atoms with Gasteiger partial charge in [-0.2, -0.15) is 0 Å². The molecule has 3 heteroatoms. The van der Waals surface area contributed by atoms with Crippen LogP contribution in [0.5, 0.6) is 0 Å². The smallest absolute Gasteiger partial charge is 0.0503 e. The fourth-order valence-corrected chi connectivity index (χ4v) is 2.70. The molecule has 0 radical (unpaired) electrons. The van der Waals surface area contributed by atoms with Gasteiger partial charge in [0.15, 0.2) is 0 Å². The Kier molecular flexibility index (Phi) is 5.67. The van der Waals surface area contributed by atoms with E-state index in [-0.39, 0.29) is 0 Å². The van der Waals surface area contributed by atoms with Gasteiger partial charge in [-0.1, -0.05) is 25.1 Å². The van der Waals surface area contributed by atoms with Gasteiger partial charge >= 0.3 is 0 Å². The second kappa shape index (κ2) is 7.51. The van der Waals surface area contributed by atoms with Gasteiger partial charge in [-0.05, 0) is 37.4 Å². The van der Waals surface area contributed by atoms with Crippen molar-refractivity contribution in [3.8, 4) is 0 Å². The molecule has 1 fully saturated rings. The van der Waals surface area contributed by atoms with Crippen molar-refractivity contribution in [3.63, 3.8) is 0 Å². The normalized spacial score (nSPS) is 17.6. The predicted molar refractivity (Wildman–Crippen MR) is 80.8 cm³/mol. The van der Waals surface area contributed by atoms with Gasteiger partial charge in [0.2, 0.25) is 0 Å². The van der Waals surface area contributed by atoms with E-state index in [0.29, 0.717) is 6.04 Å². The van der Waals surface area contributed by atoms with Gasteiger partial charge in [-0.25, -0.2) is 0 Å².